The van der Waals surface area contributed by atoms with Crippen molar-refractivity contribution in [2.75, 3.05) is 7.11 Å². The van der Waals surface area contributed by atoms with E-state index in [0.717, 1.165) is 0 Å². The number of fused-ring (bicyclic) bond motifs is 1. The summed E-state index contributed by atoms with van der Waals surface area (Å²) in [6, 6.07) is 12.0. The molecule has 106 valence electrons. The highest BCUT2D eigenvalue weighted by Crippen LogP contribution is 2.34. The van der Waals surface area contributed by atoms with E-state index in [1.807, 2.05) is 0 Å². The zero-order valence-electron chi connectivity index (χ0n) is 11.1. The molecule has 0 unspecified atom stereocenters. The van der Waals surface area contributed by atoms with Crippen molar-refractivity contribution in [3.8, 4) is 22.8 Å². The molecule has 0 fully saturated rings. The van der Waals surface area contributed by atoms with Crippen LogP contribution in [0.15, 0.2) is 56.1 Å². The lowest BCUT2D eigenvalue weighted by molar-refractivity contribution is 0.412. The number of hydrogen-bond acceptors (Lipinski definition) is 4. The lowest BCUT2D eigenvalue weighted by atomic mass is 10.1. The molecule has 0 amide bonds. The van der Waals surface area contributed by atoms with Gasteiger partial charge in [-0.15, -0.1) is 0 Å². The summed E-state index contributed by atoms with van der Waals surface area (Å²) in [6.07, 6.45) is 0. The van der Waals surface area contributed by atoms with Crippen molar-refractivity contribution < 1.29 is 14.3 Å². The Morgan fingerprint density at radius 2 is 1.95 bits per heavy atom. The minimum Gasteiger partial charge on any atom is -0.502 e. The van der Waals surface area contributed by atoms with Crippen LogP contribution in [0.4, 0.5) is 0 Å². The molecule has 0 atom stereocenters. The topological polar surface area (TPSA) is 59.7 Å². The molecular formula is C16H11BrO4. The Morgan fingerprint density at radius 3 is 2.67 bits per heavy atom. The molecule has 0 aliphatic heterocycles. The highest BCUT2D eigenvalue weighted by molar-refractivity contribution is 9.10. The number of ether oxygens (including phenoxy) is 1. The molecule has 21 heavy (non-hydrogen) atoms. The molecule has 3 aromatic rings. The van der Waals surface area contributed by atoms with E-state index in [1.54, 1.807) is 49.6 Å². The highest BCUT2D eigenvalue weighted by atomic mass is 79.9. The van der Waals surface area contributed by atoms with Gasteiger partial charge in [0.05, 0.1) is 17.0 Å². The molecule has 0 saturated heterocycles. The Kier molecular flexibility index (Phi) is 3.43. The second kappa shape index (κ2) is 5.26. The fourth-order valence-electron chi connectivity index (χ4n) is 2.14. The normalized spacial score (nSPS) is 10.8. The summed E-state index contributed by atoms with van der Waals surface area (Å²) in [6.45, 7) is 0. The monoisotopic (exact) mass is 346 g/mol. The first kappa shape index (κ1) is 13.7. The van der Waals surface area contributed by atoms with Crippen LogP contribution < -0.4 is 10.2 Å². The summed E-state index contributed by atoms with van der Waals surface area (Å²) in [5.41, 5.74) is 0.573. The number of halogens is 1. The number of rotatable bonds is 2. The molecule has 5 heteroatoms. The summed E-state index contributed by atoms with van der Waals surface area (Å²) in [4.78, 5) is 12.2. The number of para-hydroxylation sites is 1. The standard InChI is InChI=1S/C16H11BrO4/c1-20-13-7-6-9(8-11(13)17)16-15(19)14(18)10-4-2-3-5-12(10)21-16/h2-8,19H,1H3. The summed E-state index contributed by atoms with van der Waals surface area (Å²) < 4.78 is 11.5. The first-order chi connectivity index (χ1) is 10.1. The van der Waals surface area contributed by atoms with Gasteiger partial charge in [0.15, 0.2) is 5.76 Å². The Balaban J connectivity index is 2.28. The lowest BCUT2D eigenvalue weighted by Gasteiger charge is -2.08. The molecule has 0 spiro atoms. The van der Waals surface area contributed by atoms with Crippen LogP contribution in [0.25, 0.3) is 22.3 Å². The second-order valence-corrected chi connectivity index (χ2v) is 5.31. The van der Waals surface area contributed by atoms with E-state index < -0.39 is 11.2 Å². The molecule has 1 aromatic heterocycles. The van der Waals surface area contributed by atoms with Crippen molar-refractivity contribution >= 4 is 26.9 Å². The zero-order valence-corrected chi connectivity index (χ0v) is 12.7. The number of methoxy groups -OCH3 is 1. The van der Waals surface area contributed by atoms with E-state index in [4.69, 9.17) is 9.15 Å². The van der Waals surface area contributed by atoms with E-state index in [9.17, 15) is 9.90 Å². The maximum atomic E-state index is 12.2. The van der Waals surface area contributed by atoms with Crippen molar-refractivity contribution in [3.63, 3.8) is 0 Å². The van der Waals surface area contributed by atoms with Crippen LogP contribution >= 0.6 is 15.9 Å². The summed E-state index contributed by atoms with van der Waals surface area (Å²) in [7, 11) is 1.56. The van der Waals surface area contributed by atoms with E-state index in [1.165, 1.54) is 0 Å². The van der Waals surface area contributed by atoms with E-state index in [2.05, 4.69) is 15.9 Å². The minimum atomic E-state index is -0.446. The molecular weight excluding hydrogens is 336 g/mol. The SMILES string of the molecule is COc1ccc(-c2oc3ccccc3c(=O)c2O)cc1Br. The summed E-state index contributed by atoms with van der Waals surface area (Å²) in [5.74, 6) is 0.397. The van der Waals surface area contributed by atoms with E-state index in [0.29, 0.717) is 26.8 Å². The van der Waals surface area contributed by atoms with Gasteiger partial charge in [-0.2, -0.15) is 0 Å². The number of aromatic hydroxyl groups is 1. The molecule has 1 N–H and O–H groups in total. The maximum Gasteiger partial charge on any atom is 0.235 e. The lowest BCUT2D eigenvalue weighted by Crippen LogP contribution is -2.02. The van der Waals surface area contributed by atoms with Gasteiger partial charge in [-0.25, -0.2) is 0 Å². The molecule has 2 aromatic carbocycles. The Bertz CT molecular complexity index is 883. The molecule has 0 aliphatic carbocycles. The maximum absolute atomic E-state index is 12.2. The first-order valence-electron chi connectivity index (χ1n) is 6.20. The van der Waals surface area contributed by atoms with Gasteiger partial charge in [-0.3, -0.25) is 4.79 Å². The third-order valence-corrected chi connectivity index (χ3v) is 3.81. The summed E-state index contributed by atoms with van der Waals surface area (Å²) in [5, 5.41) is 10.5. The van der Waals surface area contributed by atoms with Crippen molar-refractivity contribution in [1.82, 2.24) is 0 Å². The Labute approximate surface area is 128 Å². The van der Waals surface area contributed by atoms with Crippen LogP contribution in [0.1, 0.15) is 0 Å². The van der Waals surface area contributed by atoms with Crippen molar-refractivity contribution in [2.24, 2.45) is 0 Å². The van der Waals surface area contributed by atoms with Crippen molar-refractivity contribution in [2.45, 2.75) is 0 Å². The van der Waals surface area contributed by atoms with Crippen molar-refractivity contribution in [1.29, 1.82) is 0 Å². The third kappa shape index (κ3) is 2.29. The van der Waals surface area contributed by atoms with Gasteiger partial charge in [0.25, 0.3) is 0 Å². The fourth-order valence-corrected chi connectivity index (χ4v) is 2.68. The molecule has 3 rings (SSSR count). The van der Waals surface area contributed by atoms with Crippen LogP contribution in [0.3, 0.4) is 0 Å². The van der Waals surface area contributed by atoms with E-state index in [-0.39, 0.29) is 5.76 Å². The van der Waals surface area contributed by atoms with Gasteiger partial charge in [0, 0.05) is 5.56 Å². The van der Waals surface area contributed by atoms with Crippen molar-refractivity contribution in [3.05, 3.63) is 57.2 Å². The van der Waals surface area contributed by atoms with Gasteiger partial charge in [-0.1, -0.05) is 12.1 Å². The van der Waals surface area contributed by atoms with Crippen LogP contribution in [-0.4, -0.2) is 12.2 Å². The van der Waals surface area contributed by atoms with Crippen LogP contribution in [0.5, 0.6) is 11.5 Å². The average Bonchev–Trinajstić information content (AvgIpc) is 2.51. The summed E-state index contributed by atoms with van der Waals surface area (Å²) >= 11 is 3.37. The van der Waals surface area contributed by atoms with Crippen LogP contribution in [-0.2, 0) is 0 Å². The smallest absolute Gasteiger partial charge is 0.235 e. The van der Waals surface area contributed by atoms with Crippen LogP contribution in [0.2, 0.25) is 0 Å². The molecule has 0 bridgehead atoms. The molecule has 0 aliphatic rings. The highest BCUT2D eigenvalue weighted by Gasteiger charge is 2.16. The van der Waals surface area contributed by atoms with Gasteiger partial charge in [0.1, 0.15) is 11.3 Å². The molecule has 0 radical (unpaired) electrons. The van der Waals surface area contributed by atoms with Crippen LogP contribution in [0, 0.1) is 0 Å². The van der Waals surface area contributed by atoms with Gasteiger partial charge in [0.2, 0.25) is 11.2 Å². The predicted molar refractivity (Wildman–Crippen MR) is 83.8 cm³/mol. The third-order valence-electron chi connectivity index (χ3n) is 3.19. The minimum absolute atomic E-state index is 0.141. The number of hydrogen-bond donors (Lipinski definition) is 1. The molecule has 1 heterocycles. The predicted octanol–water partition coefficient (Wildman–Crippen LogP) is 3.94. The van der Waals surface area contributed by atoms with E-state index >= 15 is 0 Å². The van der Waals surface area contributed by atoms with Gasteiger partial charge < -0.3 is 14.3 Å². The largest absolute Gasteiger partial charge is 0.502 e. The van der Waals surface area contributed by atoms with Gasteiger partial charge >= 0.3 is 0 Å². The quantitative estimate of drug-likeness (QED) is 0.763. The first-order valence-corrected chi connectivity index (χ1v) is 7.00. The Hall–Kier alpha value is -2.27. The van der Waals surface area contributed by atoms with Gasteiger partial charge in [-0.05, 0) is 46.3 Å². The average molecular weight is 347 g/mol. The molecule has 4 nitrogen and oxygen atoms in total. The Morgan fingerprint density at radius 1 is 1.19 bits per heavy atom. The fraction of sp³-hybridized carbons (Fsp3) is 0.0625. The zero-order chi connectivity index (χ0) is 15.0. The number of benzene rings is 2. The molecule has 0 saturated carbocycles. The second-order valence-electron chi connectivity index (χ2n) is 4.45.